The van der Waals surface area contributed by atoms with E-state index in [1.165, 1.54) is 14.2 Å². The van der Waals surface area contributed by atoms with Gasteiger partial charge in [-0.1, -0.05) is 30.7 Å². The second kappa shape index (κ2) is 7.46. The van der Waals surface area contributed by atoms with E-state index in [1.807, 2.05) is 6.92 Å². The molecule has 2 unspecified atom stereocenters. The van der Waals surface area contributed by atoms with Crippen molar-refractivity contribution in [2.75, 3.05) is 20.0 Å². The van der Waals surface area contributed by atoms with Gasteiger partial charge in [0.2, 0.25) is 0 Å². The first kappa shape index (κ1) is 21.2. The number of carbonyl (C=O) groups is 2. The normalized spacial score (nSPS) is 24.2. The van der Waals surface area contributed by atoms with Gasteiger partial charge in [-0.3, -0.25) is 9.59 Å². The Balaban J connectivity index is 2.45. The van der Waals surface area contributed by atoms with Gasteiger partial charge < -0.3 is 9.47 Å². The number of hydrogen-bond acceptors (Lipinski definition) is 6. The van der Waals surface area contributed by atoms with Gasteiger partial charge in [0.25, 0.3) is 0 Å². The van der Waals surface area contributed by atoms with Crippen molar-refractivity contribution in [2.24, 2.45) is 16.7 Å². The zero-order chi connectivity index (χ0) is 20.5. The van der Waals surface area contributed by atoms with Gasteiger partial charge in [-0.15, -0.1) is 6.58 Å². The fraction of sp³-hybridized carbons (Fsp3) is 0.500. The predicted octanol–water partition coefficient (Wildman–Crippen LogP) is 2.70. The monoisotopic (exact) mass is 394 g/mol. The number of carbonyl (C=O) groups excluding carboxylic acids is 2. The summed E-state index contributed by atoms with van der Waals surface area (Å²) in [6.07, 6.45) is 1.73. The third-order valence-electron chi connectivity index (χ3n) is 5.51. The summed E-state index contributed by atoms with van der Waals surface area (Å²) in [5.74, 6) is -2.00. The lowest BCUT2D eigenvalue weighted by Gasteiger charge is -2.30. The Hall–Kier alpha value is -2.15. The fourth-order valence-electron chi connectivity index (χ4n) is 4.09. The minimum Gasteiger partial charge on any atom is -0.468 e. The third kappa shape index (κ3) is 3.78. The number of benzene rings is 1. The molecule has 1 saturated carbocycles. The van der Waals surface area contributed by atoms with Crippen LogP contribution in [0, 0.1) is 23.7 Å². The van der Waals surface area contributed by atoms with E-state index in [4.69, 9.17) is 9.47 Å². The van der Waals surface area contributed by atoms with Crippen molar-refractivity contribution in [1.82, 2.24) is 0 Å². The Bertz CT molecular complexity index is 824. The van der Waals surface area contributed by atoms with Crippen LogP contribution in [0.5, 0.6) is 0 Å². The van der Waals surface area contributed by atoms with Crippen molar-refractivity contribution < 1.29 is 27.5 Å². The second-order valence-electron chi connectivity index (χ2n) is 7.51. The first-order valence-electron chi connectivity index (χ1n) is 8.63. The van der Waals surface area contributed by atoms with E-state index in [9.17, 15) is 18.0 Å². The lowest BCUT2D eigenvalue weighted by molar-refractivity contribution is -0.169. The van der Waals surface area contributed by atoms with Crippen LogP contribution in [0.4, 0.5) is 0 Å². The fourth-order valence-corrected chi connectivity index (χ4v) is 5.99. The maximum Gasteiger partial charge on any atom is 0.323 e. The molecule has 148 valence electrons. The molecule has 1 fully saturated rings. The molecule has 0 saturated heterocycles. The Morgan fingerprint density at radius 1 is 1.19 bits per heavy atom. The molecular weight excluding hydrogens is 368 g/mol. The number of methoxy groups -OCH3 is 2. The van der Waals surface area contributed by atoms with Crippen LogP contribution >= 0.6 is 0 Å². The number of rotatable bonds is 6. The molecule has 0 spiro atoms. The molecule has 0 amide bonds. The number of esters is 2. The van der Waals surface area contributed by atoms with Gasteiger partial charge in [-0.25, -0.2) is 8.42 Å². The largest absolute Gasteiger partial charge is 0.468 e. The average molecular weight is 394 g/mol. The van der Waals surface area contributed by atoms with Crippen LogP contribution in [0.2, 0.25) is 0 Å². The van der Waals surface area contributed by atoms with Crippen LogP contribution in [0.3, 0.4) is 0 Å². The number of allylic oxidation sites excluding steroid dienone is 1. The number of sulfone groups is 1. The number of hydrogen-bond donors (Lipinski definition) is 0. The summed E-state index contributed by atoms with van der Waals surface area (Å²) in [5, 5.41) is 0. The highest BCUT2D eigenvalue weighted by Crippen LogP contribution is 2.55. The van der Waals surface area contributed by atoms with E-state index in [0.717, 1.165) is 5.56 Å². The van der Waals surface area contributed by atoms with Gasteiger partial charge in [-0.2, -0.15) is 0 Å². The Labute approximate surface area is 160 Å². The summed E-state index contributed by atoms with van der Waals surface area (Å²) < 4.78 is 35.7. The standard InChI is InChI=1S/C20H26O6S/c1-6-15-11-20(17(21)25-4,18(22)26-5)12-19(15,3)13-27(23,24)16-9-7-14(2)8-10-16/h6-10,15H,1,11-13H2,2-5H3. The van der Waals surface area contributed by atoms with Gasteiger partial charge in [-0.05, 0) is 43.2 Å². The summed E-state index contributed by atoms with van der Waals surface area (Å²) in [5.41, 5.74) is -1.44. The molecule has 0 bridgehead atoms. The molecule has 27 heavy (non-hydrogen) atoms. The highest BCUT2D eigenvalue weighted by molar-refractivity contribution is 7.91. The Morgan fingerprint density at radius 3 is 2.15 bits per heavy atom. The molecule has 0 heterocycles. The molecule has 6 nitrogen and oxygen atoms in total. The SMILES string of the molecule is C=CC1CC(C(=O)OC)(C(=O)OC)CC1(C)CS(=O)(=O)c1ccc(C)cc1. The van der Waals surface area contributed by atoms with Crippen molar-refractivity contribution in [3.05, 3.63) is 42.5 Å². The average Bonchev–Trinajstić information content (AvgIpc) is 2.93. The van der Waals surface area contributed by atoms with Crippen LogP contribution in [-0.4, -0.2) is 40.3 Å². The second-order valence-corrected chi connectivity index (χ2v) is 9.50. The van der Waals surface area contributed by atoms with Crippen LogP contribution < -0.4 is 0 Å². The molecule has 0 aromatic heterocycles. The van der Waals surface area contributed by atoms with Crippen LogP contribution in [0.15, 0.2) is 41.8 Å². The van der Waals surface area contributed by atoms with Gasteiger partial charge in [0.1, 0.15) is 0 Å². The van der Waals surface area contributed by atoms with E-state index in [0.29, 0.717) is 0 Å². The van der Waals surface area contributed by atoms with Crippen molar-refractivity contribution in [2.45, 2.75) is 31.6 Å². The predicted molar refractivity (Wildman–Crippen MR) is 101 cm³/mol. The maximum atomic E-state index is 13.0. The van der Waals surface area contributed by atoms with Gasteiger partial charge in [0.15, 0.2) is 15.3 Å². The molecule has 2 rings (SSSR count). The van der Waals surface area contributed by atoms with Crippen LogP contribution in [0.1, 0.15) is 25.3 Å². The molecule has 1 aliphatic rings. The lowest BCUT2D eigenvalue weighted by Crippen LogP contribution is -2.40. The minimum atomic E-state index is -3.63. The first-order valence-corrected chi connectivity index (χ1v) is 10.3. The minimum absolute atomic E-state index is 0.0150. The summed E-state index contributed by atoms with van der Waals surface area (Å²) in [6, 6.07) is 6.61. The highest BCUT2D eigenvalue weighted by Gasteiger charge is 2.61. The Kier molecular flexibility index (Phi) is 5.85. The molecular formula is C20H26O6S. The van der Waals surface area contributed by atoms with Crippen LogP contribution in [-0.2, 0) is 28.9 Å². The van der Waals surface area contributed by atoms with E-state index in [1.54, 1.807) is 37.3 Å². The van der Waals surface area contributed by atoms with E-state index in [2.05, 4.69) is 6.58 Å². The van der Waals surface area contributed by atoms with Gasteiger partial charge >= 0.3 is 11.9 Å². The van der Waals surface area contributed by atoms with E-state index < -0.39 is 32.6 Å². The zero-order valence-corrected chi connectivity index (χ0v) is 17.0. The van der Waals surface area contributed by atoms with Gasteiger partial charge in [0, 0.05) is 0 Å². The van der Waals surface area contributed by atoms with Crippen molar-refractivity contribution >= 4 is 21.8 Å². The number of ether oxygens (including phenoxy) is 2. The molecule has 0 radical (unpaired) electrons. The number of aryl methyl sites for hydroxylation is 1. The smallest absolute Gasteiger partial charge is 0.323 e. The molecule has 2 atom stereocenters. The highest BCUT2D eigenvalue weighted by atomic mass is 32.2. The first-order chi connectivity index (χ1) is 12.5. The van der Waals surface area contributed by atoms with Crippen molar-refractivity contribution in [3.8, 4) is 0 Å². The van der Waals surface area contributed by atoms with Crippen LogP contribution in [0.25, 0.3) is 0 Å². The van der Waals surface area contributed by atoms with Crippen molar-refractivity contribution in [1.29, 1.82) is 0 Å². The maximum absolute atomic E-state index is 13.0. The van der Waals surface area contributed by atoms with Crippen molar-refractivity contribution in [3.63, 3.8) is 0 Å². The summed E-state index contributed by atoms with van der Waals surface area (Å²) in [4.78, 5) is 25.1. The molecule has 0 aliphatic heterocycles. The molecule has 7 heteroatoms. The third-order valence-corrected chi connectivity index (χ3v) is 7.54. The van der Waals surface area contributed by atoms with E-state index in [-0.39, 0.29) is 29.4 Å². The molecule has 1 aromatic rings. The lowest BCUT2D eigenvalue weighted by atomic mass is 9.79. The zero-order valence-electron chi connectivity index (χ0n) is 16.2. The van der Waals surface area contributed by atoms with Gasteiger partial charge in [0.05, 0.1) is 24.9 Å². The topological polar surface area (TPSA) is 86.7 Å². The summed E-state index contributed by atoms with van der Waals surface area (Å²) in [7, 11) is -1.22. The van der Waals surface area contributed by atoms with E-state index >= 15 is 0 Å². The summed E-state index contributed by atoms with van der Waals surface area (Å²) in [6.45, 7) is 7.43. The molecule has 0 N–H and O–H groups in total. The molecule has 1 aliphatic carbocycles. The molecule has 1 aromatic carbocycles. The summed E-state index contributed by atoms with van der Waals surface area (Å²) >= 11 is 0. The quantitative estimate of drug-likeness (QED) is 0.419. The Morgan fingerprint density at radius 2 is 1.70 bits per heavy atom.